The van der Waals surface area contributed by atoms with Crippen molar-refractivity contribution >= 4 is 11.6 Å². The zero-order valence-corrected chi connectivity index (χ0v) is 14.1. The summed E-state index contributed by atoms with van der Waals surface area (Å²) < 4.78 is 5.93. The van der Waals surface area contributed by atoms with E-state index in [1.807, 2.05) is 31.4 Å². The maximum Gasteiger partial charge on any atom is 0.130 e. The first kappa shape index (κ1) is 16.7. The third-order valence-corrected chi connectivity index (χ3v) is 4.35. The molecule has 2 aromatic rings. The average Bonchev–Trinajstić information content (AvgIpc) is 2.61. The number of hydrogen-bond acceptors (Lipinski definition) is 6. The molecule has 0 aliphatic carbocycles. The highest BCUT2D eigenvalue weighted by Gasteiger charge is 2.21. The fourth-order valence-electron chi connectivity index (χ4n) is 3.11. The van der Waals surface area contributed by atoms with E-state index in [2.05, 4.69) is 26.3 Å². The van der Waals surface area contributed by atoms with Gasteiger partial charge in [-0.1, -0.05) is 6.07 Å². The number of nitrogen functional groups attached to an aromatic ring is 1. The molecular formula is C18H25N5O. The van der Waals surface area contributed by atoms with Crippen LogP contribution in [0.2, 0.25) is 0 Å². The van der Waals surface area contributed by atoms with Crippen LogP contribution < -0.4 is 11.1 Å². The molecule has 0 unspecified atom stereocenters. The Labute approximate surface area is 143 Å². The third kappa shape index (κ3) is 4.43. The zero-order chi connectivity index (χ0) is 16.8. The first-order chi connectivity index (χ1) is 11.7. The summed E-state index contributed by atoms with van der Waals surface area (Å²) in [5, 5.41) is 3.16. The van der Waals surface area contributed by atoms with E-state index in [9.17, 15) is 0 Å². The Hall–Kier alpha value is -2.18. The van der Waals surface area contributed by atoms with Gasteiger partial charge in [-0.25, -0.2) is 9.97 Å². The first-order valence-electron chi connectivity index (χ1n) is 8.40. The van der Waals surface area contributed by atoms with Crippen molar-refractivity contribution in [1.29, 1.82) is 0 Å². The van der Waals surface area contributed by atoms with E-state index in [0.29, 0.717) is 5.82 Å². The predicted molar refractivity (Wildman–Crippen MR) is 95.8 cm³/mol. The molecule has 3 heterocycles. The molecule has 1 fully saturated rings. The van der Waals surface area contributed by atoms with Gasteiger partial charge < -0.3 is 15.8 Å². The monoisotopic (exact) mass is 327 g/mol. The van der Waals surface area contributed by atoms with E-state index < -0.39 is 0 Å². The van der Waals surface area contributed by atoms with Crippen LogP contribution in [0.25, 0.3) is 0 Å². The van der Waals surface area contributed by atoms with E-state index in [1.54, 1.807) is 6.20 Å². The lowest BCUT2D eigenvalue weighted by Gasteiger charge is -2.33. The second-order valence-corrected chi connectivity index (χ2v) is 6.12. The summed E-state index contributed by atoms with van der Waals surface area (Å²) in [6.07, 6.45) is 5.78. The molecule has 1 aliphatic heterocycles. The number of aromatic nitrogens is 2. The van der Waals surface area contributed by atoms with Gasteiger partial charge in [-0.15, -0.1) is 0 Å². The average molecular weight is 327 g/mol. The molecule has 6 heteroatoms. The van der Waals surface area contributed by atoms with Crippen LogP contribution in [0.5, 0.6) is 0 Å². The van der Waals surface area contributed by atoms with Crippen molar-refractivity contribution in [3.05, 3.63) is 47.8 Å². The standard InChI is InChI=1S/C18H25N5O/c1-20-18-15(3-2-7-22-18)12-23-9-10-24-16(13-23)5-4-14-6-8-21-17(19)11-14/h2-3,6-8,11,16H,4-5,9-10,12-13H2,1H3,(H2,19,21)(H,20,22)/t16-/m0/s1. The summed E-state index contributed by atoms with van der Waals surface area (Å²) in [4.78, 5) is 10.9. The fourth-order valence-corrected chi connectivity index (χ4v) is 3.11. The van der Waals surface area contributed by atoms with Crippen molar-refractivity contribution < 1.29 is 4.74 Å². The molecule has 1 atom stereocenters. The summed E-state index contributed by atoms with van der Waals surface area (Å²) in [6.45, 7) is 3.57. The van der Waals surface area contributed by atoms with E-state index >= 15 is 0 Å². The van der Waals surface area contributed by atoms with E-state index in [-0.39, 0.29) is 6.10 Å². The molecule has 1 saturated heterocycles. The normalized spacial score (nSPS) is 18.5. The Morgan fingerprint density at radius 3 is 3.08 bits per heavy atom. The molecule has 0 aromatic carbocycles. The maximum atomic E-state index is 5.93. The van der Waals surface area contributed by atoms with Gasteiger partial charge in [0.25, 0.3) is 0 Å². The van der Waals surface area contributed by atoms with Gasteiger partial charge >= 0.3 is 0 Å². The van der Waals surface area contributed by atoms with Crippen LogP contribution in [0.1, 0.15) is 17.5 Å². The summed E-state index contributed by atoms with van der Waals surface area (Å²) in [7, 11) is 1.91. The van der Waals surface area contributed by atoms with Gasteiger partial charge in [0.05, 0.1) is 12.7 Å². The van der Waals surface area contributed by atoms with Gasteiger partial charge in [0.15, 0.2) is 0 Å². The van der Waals surface area contributed by atoms with Crippen LogP contribution in [0.4, 0.5) is 11.6 Å². The molecule has 6 nitrogen and oxygen atoms in total. The van der Waals surface area contributed by atoms with Crippen molar-refractivity contribution in [3.63, 3.8) is 0 Å². The molecule has 24 heavy (non-hydrogen) atoms. The van der Waals surface area contributed by atoms with Crippen molar-refractivity contribution in [1.82, 2.24) is 14.9 Å². The lowest BCUT2D eigenvalue weighted by Crippen LogP contribution is -2.42. The second-order valence-electron chi connectivity index (χ2n) is 6.12. The SMILES string of the molecule is CNc1ncccc1CN1CCO[C@@H](CCc2ccnc(N)c2)C1. The van der Waals surface area contributed by atoms with E-state index in [0.717, 1.165) is 44.9 Å². The molecule has 0 spiro atoms. The number of aryl methyl sites for hydroxylation is 1. The molecule has 0 bridgehead atoms. The van der Waals surface area contributed by atoms with Crippen LogP contribution in [0.15, 0.2) is 36.7 Å². The molecule has 2 aromatic heterocycles. The quantitative estimate of drug-likeness (QED) is 0.844. The van der Waals surface area contributed by atoms with Gasteiger partial charge in [0, 0.05) is 44.6 Å². The summed E-state index contributed by atoms with van der Waals surface area (Å²) >= 11 is 0. The van der Waals surface area contributed by atoms with Gasteiger partial charge in [-0.3, -0.25) is 4.90 Å². The van der Waals surface area contributed by atoms with Crippen LogP contribution in [0, 0.1) is 0 Å². The zero-order valence-electron chi connectivity index (χ0n) is 14.1. The second kappa shape index (κ2) is 8.08. The number of pyridine rings is 2. The Bertz CT molecular complexity index is 663. The number of nitrogens with zero attached hydrogens (tertiary/aromatic N) is 3. The number of morpholine rings is 1. The highest BCUT2D eigenvalue weighted by atomic mass is 16.5. The van der Waals surface area contributed by atoms with Crippen LogP contribution >= 0.6 is 0 Å². The van der Waals surface area contributed by atoms with Gasteiger partial charge in [-0.2, -0.15) is 0 Å². The lowest BCUT2D eigenvalue weighted by atomic mass is 10.1. The van der Waals surface area contributed by atoms with E-state index in [4.69, 9.17) is 10.5 Å². The van der Waals surface area contributed by atoms with Gasteiger partial charge in [0.2, 0.25) is 0 Å². The Morgan fingerprint density at radius 2 is 2.25 bits per heavy atom. The number of ether oxygens (including phenoxy) is 1. The largest absolute Gasteiger partial charge is 0.384 e. The topological polar surface area (TPSA) is 76.3 Å². The smallest absolute Gasteiger partial charge is 0.130 e. The summed E-state index contributed by atoms with van der Waals surface area (Å²) in [6, 6.07) is 8.08. The van der Waals surface area contributed by atoms with E-state index in [1.165, 1.54) is 11.1 Å². The minimum absolute atomic E-state index is 0.253. The molecule has 3 rings (SSSR count). The molecule has 3 N–H and O–H groups in total. The molecule has 1 aliphatic rings. The highest BCUT2D eigenvalue weighted by molar-refractivity contribution is 5.42. The molecular weight excluding hydrogens is 302 g/mol. The maximum absolute atomic E-state index is 5.93. The Morgan fingerprint density at radius 1 is 1.33 bits per heavy atom. The fraction of sp³-hybridized carbons (Fsp3) is 0.444. The lowest BCUT2D eigenvalue weighted by molar-refractivity contribution is -0.0345. The predicted octanol–water partition coefficient (Wildman–Crippen LogP) is 1.93. The number of hydrogen-bond donors (Lipinski definition) is 2. The Kier molecular flexibility index (Phi) is 5.61. The van der Waals surface area contributed by atoms with Crippen LogP contribution in [-0.2, 0) is 17.7 Å². The molecule has 0 amide bonds. The molecule has 128 valence electrons. The molecule has 0 saturated carbocycles. The Balaban J connectivity index is 1.54. The van der Waals surface area contributed by atoms with Crippen molar-refractivity contribution in [2.75, 3.05) is 37.8 Å². The van der Waals surface area contributed by atoms with Crippen molar-refractivity contribution in [2.24, 2.45) is 0 Å². The third-order valence-electron chi connectivity index (χ3n) is 4.35. The van der Waals surface area contributed by atoms with Crippen molar-refractivity contribution in [3.8, 4) is 0 Å². The molecule has 0 radical (unpaired) electrons. The minimum atomic E-state index is 0.253. The van der Waals surface area contributed by atoms with Gasteiger partial charge in [0.1, 0.15) is 11.6 Å². The summed E-state index contributed by atoms with van der Waals surface area (Å²) in [5.74, 6) is 1.53. The number of rotatable bonds is 6. The van der Waals surface area contributed by atoms with Crippen LogP contribution in [0.3, 0.4) is 0 Å². The van der Waals surface area contributed by atoms with Gasteiger partial charge in [-0.05, 0) is 36.6 Å². The number of anilines is 2. The minimum Gasteiger partial charge on any atom is -0.384 e. The number of nitrogens with two attached hydrogens (primary N) is 1. The van der Waals surface area contributed by atoms with Crippen LogP contribution in [-0.4, -0.2) is 47.7 Å². The highest BCUT2D eigenvalue weighted by Crippen LogP contribution is 2.18. The number of nitrogens with one attached hydrogen (secondary N) is 1. The summed E-state index contributed by atoms with van der Waals surface area (Å²) in [5.41, 5.74) is 8.18. The van der Waals surface area contributed by atoms with Crippen molar-refractivity contribution in [2.45, 2.75) is 25.5 Å². The first-order valence-corrected chi connectivity index (χ1v) is 8.40.